The third-order valence-electron chi connectivity index (χ3n) is 10.5. The van der Waals surface area contributed by atoms with E-state index in [1.54, 1.807) is 0 Å². The largest absolute Gasteiger partial charge is 0.455 e. The second kappa shape index (κ2) is 13.4. The molecule has 0 spiro atoms. The maximum atomic E-state index is 6.70. The molecule has 10 rings (SSSR count). The van der Waals surface area contributed by atoms with E-state index in [4.69, 9.17) is 4.42 Å². The van der Waals surface area contributed by atoms with Crippen LogP contribution in [0.15, 0.2) is 217 Å². The molecule has 54 heavy (non-hydrogen) atoms. The zero-order valence-corrected chi connectivity index (χ0v) is 29.6. The summed E-state index contributed by atoms with van der Waals surface area (Å²) in [6.07, 6.45) is 0. The summed E-state index contributed by atoms with van der Waals surface area (Å²) >= 11 is 0. The Labute approximate surface area is 314 Å². The highest BCUT2D eigenvalue weighted by atomic mass is 16.3. The monoisotopic (exact) mass is 689 g/mol. The van der Waals surface area contributed by atoms with Crippen molar-refractivity contribution in [2.24, 2.45) is 0 Å². The molecule has 1 aromatic heterocycles. The van der Waals surface area contributed by atoms with Crippen LogP contribution in [0.1, 0.15) is 0 Å². The number of hydrogen-bond donors (Lipinski definition) is 0. The average molecular weight is 690 g/mol. The first-order valence-electron chi connectivity index (χ1n) is 18.4. The lowest BCUT2D eigenvalue weighted by atomic mass is 9.93. The maximum Gasteiger partial charge on any atom is 0.143 e. The van der Waals surface area contributed by atoms with Crippen molar-refractivity contribution in [1.29, 1.82) is 0 Å². The Morgan fingerprint density at radius 1 is 0.296 bits per heavy atom. The summed E-state index contributed by atoms with van der Waals surface area (Å²) in [7, 11) is 0. The number of nitrogens with zero attached hydrogens (tertiary/aromatic N) is 1. The van der Waals surface area contributed by atoms with Gasteiger partial charge < -0.3 is 9.32 Å². The van der Waals surface area contributed by atoms with E-state index in [1.807, 2.05) is 0 Å². The molecule has 10 aromatic rings. The molecule has 254 valence electrons. The maximum absolute atomic E-state index is 6.70. The lowest BCUT2D eigenvalue weighted by Gasteiger charge is -2.26. The molecule has 0 aliphatic carbocycles. The molecule has 9 aromatic carbocycles. The molecule has 0 saturated carbocycles. The number of anilines is 3. The molecule has 0 radical (unpaired) electrons. The van der Waals surface area contributed by atoms with E-state index in [0.29, 0.717) is 0 Å². The van der Waals surface area contributed by atoms with Crippen LogP contribution in [-0.4, -0.2) is 0 Å². The molecule has 2 heteroatoms. The molecular weight excluding hydrogens is 655 g/mol. The van der Waals surface area contributed by atoms with E-state index in [0.717, 1.165) is 55.5 Å². The normalized spacial score (nSPS) is 11.3. The van der Waals surface area contributed by atoms with Gasteiger partial charge in [0, 0.05) is 33.2 Å². The average Bonchev–Trinajstić information content (AvgIpc) is 3.64. The summed E-state index contributed by atoms with van der Waals surface area (Å²) in [6, 6.07) is 75.7. The fraction of sp³-hybridized carbons (Fsp3) is 0. The third kappa shape index (κ3) is 5.62. The zero-order chi connectivity index (χ0) is 35.8. The quantitative estimate of drug-likeness (QED) is 0.166. The van der Waals surface area contributed by atoms with Crippen molar-refractivity contribution < 1.29 is 4.42 Å². The molecule has 0 amide bonds. The molecule has 0 saturated heterocycles. The van der Waals surface area contributed by atoms with E-state index in [-0.39, 0.29) is 0 Å². The van der Waals surface area contributed by atoms with Crippen molar-refractivity contribution in [2.75, 3.05) is 4.90 Å². The Balaban J connectivity index is 1.07. The topological polar surface area (TPSA) is 16.4 Å². The Bertz CT molecular complexity index is 2890. The van der Waals surface area contributed by atoms with Crippen LogP contribution in [-0.2, 0) is 0 Å². The van der Waals surface area contributed by atoms with Gasteiger partial charge >= 0.3 is 0 Å². The Hall–Kier alpha value is -7.16. The van der Waals surface area contributed by atoms with Crippen LogP contribution in [0.2, 0.25) is 0 Å². The van der Waals surface area contributed by atoms with Crippen molar-refractivity contribution in [2.45, 2.75) is 0 Å². The van der Waals surface area contributed by atoms with Gasteiger partial charge in [0.1, 0.15) is 11.2 Å². The summed E-state index contributed by atoms with van der Waals surface area (Å²) in [5.74, 6) is 0. The minimum absolute atomic E-state index is 0.885. The standard InChI is InChI=1S/C52H35NO/c1-4-14-36(15-5-1)37-26-28-38(29-27-37)39-30-32-43(33-31-39)53(42-19-8-3-9-20-42)44-21-12-18-41(34-44)45-24-13-25-50-51(45)49-35-48(40-16-6-2-7-17-40)46-22-10-11-23-47(46)52(49)54-50/h1-35H. The molecule has 0 bridgehead atoms. The van der Waals surface area contributed by atoms with E-state index in [9.17, 15) is 0 Å². The van der Waals surface area contributed by atoms with Crippen LogP contribution in [0.4, 0.5) is 17.1 Å². The highest BCUT2D eigenvalue weighted by molar-refractivity contribution is 6.22. The zero-order valence-electron chi connectivity index (χ0n) is 29.6. The molecule has 0 aliphatic heterocycles. The van der Waals surface area contributed by atoms with Crippen molar-refractivity contribution in [3.8, 4) is 44.5 Å². The van der Waals surface area contributed by atoms with Gasteiger partial charge in [0.2, 0.25) is 0 Å². The van der Waals surface area contributed by atoms with Gasteiger partial charge in [0.15, 0.2) is 0 Å². The second-order valence-electron chi connectivity index (χ2n) is 13.7. The molecule has 0 aliphatic rings. The highest BCUT2D eigenvalue weighted by Crippen LogP contribution is 2.44. The van der Waals surface area contributed by atoms with Crippen molar-refractivity contribution in [3.63, 3.8) is 0 Å². The van der Waals surface area contributed by atoms with Gasteiger partial charge in [-0.1, -0.05) is 164 Å². The molecule has 0 unspecified atom stereocenters. The number of benzene rings is 9. The molecule has 0 N–H and O–H groups in total. The van der Waals surface area contributed by atoms with E-state index in [2.05, 4.69) is 217 Å². The number of fused-ring (bicyclic) bond motifs is 5. The van der Waals surface area contributed by atoms with E-state index >= 15 is 0 Å². The Morgan fingerprint density at radius 3 is 1.48 bits per heavy atom. The lowest BCUT2D eigenvalue weighted by Crippen LogP contribution is -2.09. The van der Waals surface area contributed by atoms with Crippen LogP contribution in [0.5, 0.6) is 0 Å². The summed E-state index contributed by atoms with van der Waals surface area (Å²) in [5, 5.41) is 4.56. The summed E-state index contributed by atoms with van der Waals surface area (Å²) < 4.78 is 6.70. The van der Waals surface area contributed by atoms with Gasteiger partial charge in [0.25, 0.3) is 0 Å². The number of rotatable bonds is 7. The number of furan rings is 1. The van der Waals surface area contributed by atoms with Crippen LogP contribution < -0.4 is 4.90 Å². The van der Waals surface area contributed by atoms with E-state index in [1.165, 1.54) is 38.8 Å². The third-order valence-corrected chi connectivity index (χ3v) is 10.5. The highest BCUT2D eigenvalue weighted by Gasteiger charge is 2.19. The second-order valence-corrected chi connectivity index (χ2v) is 13.7. The van der Waals surface area contributed by atoms with Gasteiger partial charge in [-0.2, -0.15) is 0 Å². The first kappa shape index (κ1) is 31.6. The predicted molar refractivity (Wildman–Crippen MR) is 228 cm³/mol. The van der Waals surface area contributed by atoms with E-state index < -0.39 is 0 Å². The van der Waals surface area contributed by atoms with Crippen LogP contribution in [0, 0.1) is 0 Å². The first-order valence-corrected chi connectivity index (χ1v) is 18.4. The minimum Gasteiger partial charge on any atom is -0.455 e. The van der Waals surface area contributed by atoms with Crippen molar-refractivity contribution in [3.05, 3.63) is 212 Å². The summed E-state index contributed by atoms with van der Waals surface area (Å²) in [4.78, 5) is 2.33. The number of para-hydroxylation sites is 1. The van der Waals surface area contributed by atoms with Crippen molar-refractivity contribution in [1.82, 2.24) is 0 Å². The smallest absolute Gasteiger partial charge is 0.143 e. The minimum atomic E-state index is 0.885. The Morgan fingerprint density at radius 2 is 0.796 bits per heavy atom. The molecule has 1 heterocycles. The van der Waals surface area contributed by atoms with Crippen molar-refractivity contribution >= 4 is 49.8 Å². The summed E-state index contributed by atoms with van der Waals surface area (Å²) in [5.41, 5.74) is 14.6. The summed E-state index contributed by atoms with van der Waals surface area (Å²) in [6.45, 7) is 0. The fourth-order valence-electron chi connectivity index (χ4n) is 7.87. The van der Waals surface area contributed by atoms with Gasteiger partial charge in [-0.05, 0) is 98.4 Å². The van der Waals surface area contributed by atoms with Gasteiger partial charge in [0.05, 0.1) is 0 Å². The van der Waals surface area contributed by atoms with Crippen LogP contribution in [0.3, 0.4) is 0 Å². The SMILES string of the molecule is c1ccc(-c2ccc(-c3ccc(N(c4ccccc4)c4cccc(-c5cccc6oc7c8ccccc8c(-c8ccccc8)cc7c56)c4)cc3)cc2)cc1. The van der Waals surface area contributed by atoms with Gasteiger partial charge in [-0.3, -0.25) is 0 Å². The lowest BCUT2D eigenvalue weighted by molar-refractivity contribution is 0.673. The van der Waals surface area contributed by atoms with Gasteiger partial charge in [-0.15, -0.1) is 0 Å². The molecular formula is C52H35NO. The van der Waals surface area contributed by atoms with Crippen LogP contribution in [0.25, 0.3) is 77.2 Å². The van der Waals surface area contributed by atoms with Gasteiger partial charge in [-0.25, -0.2) is 0 Å². The molecule has 0 fully saturated rings. The first-order chi connectivity index (χ1) is 26.8. The molecule has 2 nitrogen and oxygen atoms in total. The fourth-order valence-corrected chi connectivity index (χ4v) is 7.87. The number of hydrogen-bond acceptors (Lipinski definition) is 2. The molecule has 0 atom stereocenters. The predicted octanol–water partition coefficient (Wildman–Crippen LogP) is 14.9. The Kier molecular flexibility index (Phi) is 7.85. The van der Waals surface area contributed by atoms with Crippen LogP contribution >= 0.6 is 0 Å².